The van der Waals surface area contributed by atoms with Crippen LogP contribution in [0.1, 0.15) is 5.56 Å². The smallest absolute Gasteiger partial charge is 0.328 e. The van der Waals surface area contributed by atoms with Gasteiger partial charge in [-0.15, -0.1) is 0 Å². The number of aliphatic carboxylic acids is 1. The predicted molar refractivity (Wildman–Crippen MR) is 75.0 cm³/mol. The lowest BCUT2D eigenvalue weighted by Gasteiger charge is -2.12. The van der Waals surface area contributed by atoms with E-state index in [1.807, 2.05) is 0 Å². The zero-order valence-electron chi connectivity index (χ0n) is 10.6. The van der Waals surface area contributed by atoms with Crippen molar-refractivity contribution >= 4 is 33.9 Å². The van der Waals surface area contributed by atoms with E-state index in [0.717, 1.165) is 10.5 Å². The molecular weight excluding hydrogens is 314 g/mol. The fourth-order valence-electron chi connectivity index (χ4n) is 1.17. The summed E-state index contributed by atoms with van der Waals surface area (Å²) < 4.78 is 6.08. The molecule has 0 unspecified atom stereocenters. The minimum atomic E-state index is -1.03. The van der Waals surface area contributed by atoms with Crippen molar-refractivity contribution in [2.75, 3.05) is 20.7 Å². The Balaban J connectivity index is 2.79. The van der Waals surface area contributed by atoms with Crippen LogP contribution in [0.3, 0.4) is 0 Å². The number of hydrogen-bond acceptors (Lipinski definition) is 3. The Hall–Kier alpha value is -1.82. The number of hydrogen-bond donors (Lipinski definition) is 1. The lowest BCUT2D eigenvalue weighted by atomic mass is 10.2. The second-order valence-electron chi connectivity index (χ2n) is 3.93. The average Bonchev–Trinajstić information content (AvgIpc) is 2.35. The average molecular weight is 328 g/mol. The Morgan fingerprint density at radius 2 is 2.11 bits per heavy atom. The van der Waals surface area contributed by atoms with Gasteiger partial charge in [0.15, 0.2) is 6.61 Å². The number of benzene rings is 1. The number of amides is 1. The van der Waals surface area contributed by atoms with E-state index in [0.29, 0.717) is 11.3 Å². The van der Waals surface area contributed by atoms with Gasteiger partial charge in [-0.3, -0.25) is 4.79 Å². The minimum Gasteiger partial charge on any atom is -0.484 e. The van der Waals surface area contributed by atoms with Gasteiger partial charge in [-0.05, 0) is 29.8 Å². The van der Waals surface area contributed by atoms with Gasteiger partial charge in [0.25, 0.3) is 5.91 Å². The van der Waals surface area contributed by atoms with Crippen molar-refractivity contribution in [2.45, 2.75) is 0 Å². The number of rotatable bonds is 5. The van der Waals surface area contributed by atoms with Crippen molar-refractivity contribution in [3.63, 3.8) is 0 Å². The van der Waals surface area contributed by atoms with Crippen LogP contribution in [0.4, 0.5) is 0 Å². The van der Waals surface area contributed by atoms with E-state index in [-0.39, 0.29) is 12.5 Å². The zero-order valence-corrected chi connectivity index (χ0v) is 12.2. The molecule has 0 saturated heterocycles. The van der Waals surface area contributed by atoms with E-state index < -0.39 is 5.97 Å². The molecule has 0 bridgehead atoms. The first-order valence-corrected chi connectivity index (χ1v) is 6.23. The van der Waals surface area contributed by atoms with Gasteiger partial charge in [0.05, 0.1) is 0 Å². The summed E-state index contributed by atoms with van der Waals surface area (Å²) in [6.07, 6.45) is 2.49. The standard InChI is InChI=1S/C13H14BrNO4/c1-15(2)12(16)8-19-10-4-5-11(14)9(7-10)3-6-13(17)18/h3-7H,8H2,1-2H3,(H,17,18)/b6-3+. The largest absolute Gasteiger partial charge is 0.484 e. The zero-order chi connectivity index (χ0) is 14.4. The van der Waals surface area contributed by atoms with Crippen molar-refractivity contribution in [3.05, 3.63) is 34.3 Å². The van der Waals surface area contributed by atoms with E-state index in [1.54, 1.807) is 32.3 Å². The quantitative estimate of drug-likeness (QED) is 0.840. The van der Waals surface area contributed by atoms with Crippen LogP contribution in [-0.4, -0.2) is 42.6 Å². The Morgan fingerprint density at radius 1 is 1.42 bits per heavy atom. The number of nitrogens with zero attached hydrogens (tertiary/aromatic N) is 1. The molecule has 0 aromatic heterocycles. The van der Waals surface area contributed by atoms with Crippen LogP contribution in [-0.2, 0) is 9.59 Å². The molecule has 0 spiro atoms. The van der Waals surface area contributed by atoms with Crippen molar-refractivity contribution in [2.24, 2.45) is 0 Å². The Labute approximate surface area is 119 Å². The second-order valence-corrected chi connectivity index (χ2v) is 4.79. The fourth-order valence-corrected chi connectivity index (χ4v) is 1.55. The highest BCUT2D eigenvalue weighted by Crippen LogP contribution is 2.23. The van der Waals surface area contributed by atoms with Crippen molar-refractivity contribution in [1.82, 2.24) is 4.90 Å². The second kappa shape index (κ2) is 6.94. The maximum atomic E-state index is 11.4. The summed E-state index contributed by atoms with van der Waals surface area (Å²) in [7, 11) is 3.29. The fraction of sp³-hybridized carbons (Fsp3) is 0.231. The molecule has 1 amide bonds. The molecule has 0 atom stereocenters. The molecule has 1 rings (SSSR count). The van der Waals surface area contributed by atoms with Crippen LogP contribution in [0.5, 0.6) is 5.75 Å². The Bertz CT molecular complexity index is 511. The third-order valence-electron chi connectivity index (χ3n) is 2.23. The first kappa shape index (κ1) is 15.2. The summed E-state index contributed by atoms with van der Waals surface area (Å²) in [5, 5.41) is 8.59. The number of carboxylic acid groups (broad SMARTS) is 1. The summed E-state index contributed by atoms with van der Waals surface area (Å²) in [5.41, 5.74) is 0.664. The van der Waals surface area contributed by atoms with Crippen LogP contribution in [0.15, 0.2) is 28.7 Å². The third kappa shape index (κ3) is 5.13. The summed E-state index contributed by atoms with van der Waals surface area (Å²) >= 11 is 3.31. The van der Waals surface area contributed by atoms with Crippen LogP contribution in [0, 0.1) is 0 Å². The number of carbonyl (C=O) groups excluding carboxylic acids is 1. The molecule has 1 aromatic carbocycles. The number of likely N-dealkylation sites (N-methyl/N-ethyl adjacent to an activating group) is 1. The van der Waals surface area contributed by atoms with Gasteiger partial charge >= 0.3 is 5.97 Å². The molecule has 102 valence electrons. The first-order valence-electron chi connectivity index (χ1n) is 5.43. The van der Waals surface area contributed by atoms with Crippen molar-refractivity contribution < 1.29 is 19.4 Å². The molecular formula is C13H14BrNO4. The third-order valence-corrected chi connectivity index (χ3v) is 2.96. The van der Waals surface area contributed by atoms with Crippen LogP contribution >= 0.6 is 15.9 Å². The summed E-state index contributed by atoms with van der Waals surface area (Å²) in [4.78, 5) is 23.3. The van der Waals surface area contributed by atoms with Gasteiger partial charge in [0.1, 0.15) is 5.75 Å². The number of carboxylic acids is 1. The molecule has 6 heteroatoms. The molecule has 0 heterocycles. The number of carbonyl (C=O) groups is 2. The van der Waals surface area contributed by atoms with Gasteiger partial charge in [-0.2, -0.15) is 0 Å². The molecule has 5 nitrogen and oxygen atoms in total. The van der Waals surface area contributed by atoms with Crippen LogP contribution in [0.25, 0.3) is 6.08 Å². The minimum absolute atomic E-state index is 0.0588. The maximum Gasteiger partial charge on any atom is 0.328 e. The van der Waals surface area contributed by atoms with Gasteiger partial charge in [-0.25, -0.2) is 4.79 Å². The van der Waals surface area contributed by atoms with Gasteiger partial charge in [0, 0.05) is 24.6 Å². The van der Waals surface area contributed by atoms with Gasteiger partial charge in [-0.1, -0.05) is 15.9 Å². The Kier molecular flexibility index (Phi) is 5.57. The SMILES string of the molecule is CN(C)C(=O)COc1ccc(Br)c(/C=C/C(=O)O)c1. The monoisotopic (exact) mass is 327 g/mol. The van der Waals surface area contributed by atoms with E-state index >= 15 is 0 Å². The van der Waals surface area contributed by atoms with Gasteiger partial charge in [0.2, 0.25) is 0 Å². The lowest BCUT2D eigenvalue weighted by molar-refractivity contribution is -0.131. The summed E-state index contributed by atoms with van der Waals surface area (Å²) in [6.45, 7) is -0.0588. The van der Waals surface area contributed by atoms with E-state index in [1.165, 1.54) is 11.0 Å². The predicted octanol–water partition coefficient (Wildman–Crippen LogP) is 2.01. The molecule has 19 heavy (non-hydrogen) atoms. The summed E-state index contributed by atoms with van der Waals surface area (Å²) in [6, 6.07) is 5.09. The molecule has 0 aliphatic heterocycles. The molecule has 0 fully saturated rings. The molecule has 1 aromatic rings. The molecule has 0 radical (unpaired) electrons. The Morgan fingerprint density at radius 3 is 2.68 bits per heavy atom. The molecule has 1 N–H and O–H groups in total. The van der Waals surface area contributed by atoms with Crippen LogP contribution in [0.2, 0.25) is 0 Å². The van der Waals surface area contributed by atoms with Crippen molar-refractivity contribution in [3.8, 4) is 5.75 Å². The highest BCUT2D eigenvalue weighted by Gasteiger charge is 2.06. The topological polar surface area (TPSA) is 66.8 Å². The normalized spacial score (nSPS) is 10.5. The summed E-state index contributed by atoms with van der Waals surface area (Å²) in [5.74, 6) is -0.671. The highest BCUT2D eigenvalue weighted by molar-refractivity contribution is 9.10. The van der Waals surface area contributed by atoms with E-state index in [2.05, 4.69) is 15.9 Å². The highest BCUT2D eigenvalue weighted by atomic mass is 79.9. The van der Waals surface area contributed by atoms with E-state index in [4.69, 9.17) is 9.84 Å². The lowest BCUT2D eigenvalue weighted by Crippen LogP contribution is -2.27. The molecule has 0 saturated carbocycles. The van der Waals surface area contributed by atoms with E-state index in [9.17, 15) is 9.59 Å². The maximum absolute atomic E-state index is 11.4. The van der Waals surface area contributed by atoms with Gasteiger partial charge < -0.3 is 14.7 Å². The van der Waals surface area contributed by atoms with Crippen LogP contribution < -0.4 is 4.74 Å². The first-order chi connectivity index (χ1) is 8.90. The number of ether oxygens (including phenoxy) is 1. The molecule has 0 aliphatic carbocycles. The van der Waals surface area contributed by atoms with Crippen molar-refractivity contribution in [1.29, 1.82) is 0 Å². The number of halogens is 1. The molecule has 0 aliphatic rings.